The van der Waals surface area contributed by atoms with Crippen molar-refractivity contribution in [3.05, 3.63) is 51.6 Å². The van der Waals surface area contributed by atoms with Gasteiger partial charge in [-0.25, -0.2) is 4.79 Å². The molecule has 0 aliphatic carbocycles. The summed E-state index contributed by atoms with van der Waals surface area (Å²) in [5.74, 6) is -0.166. The SMILES string of the molecule is Cc1nc(=O)n(C(C)Cc2ccco2)c(C)c1CC(=O)O. The summed E-state index contributed by atoms with van der Waals surface area (Å²) in [7, 11) is 0. The molecule has 2 heterocycles. The molecule has 0 amide bonds. The van der Waals surface area contributed by atoms with Gasteiger partial charge in [0.25, 0.3) is 0 Å². The number of aryl methyl sites for hydroxylation is 1. The van der Waals surface area contributed by atoms with Crippen LogP contribution in [0.25, 0.3) is 0 Å². The summed E-state index contributed by atoms with van der Waals surface area (Å²) in [6.45, 7) is 5.31. The normalized spacial score (nSPS) is 12.3. The Kier molecular flexibility index (Phi) is 4.26. The molecule has 21 heavy (non-hydrogen) atoms. The van der Waals surface area contributed by atoms with E-state index in [9.17, 15) is 9.59 Å². The van der Waals surface area contributed by atoms with Crippen molar-refractivity contribution in [1.82, 2.24) is 9.55 Å². The molecule has 0 spiro atoms. The molecule has 0 aliphatic heterocycles. The van der Waals surface area contributed by atoms with Gasteiger partial charge in [-0.3, -0.25) is 9.36 Å². The molecule has 0 fully saturated rings. The molecule has 112 valence electrons. The third kappa shape index (κ3) is 3.21. The van der Waals surface area contributed by atoms with Crippen LogP contribution in [0.15, 0.2) is 27.6 Å². The maximum absolute atomic E-state index is 12.1. The maximum Gasteiger partial charge on any atom is 0.348 e. The highest BCUT2D eigenvalue weighted by atomic mass is 16.4. The largest absolute Gasteiger partial charge is 0.481 e. The highest BCUT2D eigenvalue weighted by Gasteiger charge is 2.18. The molecule has 2 aromatic heterocycles. The van der Waals surface area contributed by atoms with Crippen molar-refractivity contribution in [3.63, 3.8) is 0 Å². The molecule has 1 N–H and O–H groups in total. The molecular weight excluding hydrogens is 272 g/mol. The first-order valence-corrected chi connectivity index (χ1v) is 6.73. The van der Waals surface area contributed by atoms with Crippen LogP contribution in [0.2, 0.25) is 0 Å². The molecule has 6 nitrogen and oxygen atoms in total. The van der Waals surface area contributed by atoms with Crippen LogP contribution in [-0.2, 0) is 17.6 Å². The van der Waals surface area contributed by atoms with Gasteiger partial charge in [0.15, 0.2) is 0 Å². The number of carbonyl (C=O) groups is 1. The van der Waals surface area contributed by atoms with Gasteiger partial charge in [0, 0.05) is 29.4 Å². The van der Waals surface area contributed by atoms with E-state index in [0.717, 1.165) is 5.76 Å². The fraction of sp³-hybridized carbons (Fsp3) is 0.400. The summed E-state index contributed by atoms with van der Waals surface area (Å²) in [4.78, 5) is 27.1. The van der Waals surface area contributed by atoms with Gasteiger partial charge in [0.1, 0.15) is 5.76 Å². The third-order valence-corrected chi connectivity index (χ3v) is 3.55. The van der Waals surface area contributed by atoms with Gasteiger partial charge in [-0.15, -0.1) is 0 Å². The van der Waals surface area contributed by atoms with Crippen LogP contribution in [0.1, 0.15) is 35.7 Å². The lowest BCUT2D eigenvalue weighted by molar-refractivity contribution is -0.136. The summed E-state index contributed by atoms with van der Waals surface area (Å²) in [5, 5.41) is 8.99. The summed E-state index contributed by atoms with van der Waals surface area (Å²) in [6.07, 6.45) is 1.99. The number of carboxylic acids is 1. The fourth-order valence-electron chi connectivity index (χ4n) is 2.55. The Morgan fingerprint density at radius 3 is 2.76 bits per heavy atom. The van der Waals surface area contributed by atoms with E-state index in [1.807, 2.05) is 13.0 Å². The highest BCUT2D eigenvalue weighted by molar-refractivity contribution is 5.70. The molecule has 0 aromatic carbocycles. The smallest absolute Gasteiger partial charge is 0.348 e. The summed E-state index contributed by atoms with van der Waals surface area (Å²) in [5.41, 5.74) is 1.35. The van der Waals surface area contributed by atoms with Crippen LogP contribution in [-0.4, -0.2) is 20.6 Å². The van der Waals surface area contributed by atoms with Crippen LogP contribution in [0, 0.1) is 13.8 Å². The minimum absolute atomic E-state index is 0.140. The number of carboxylic acid groups (broad SMARTS) is 1. The van der Waals surface area contributed by atoms with E-state index >= 15 is 0 Å². The lowest BCUT2D eigenvalue weighted by Gasteiger charge is -2.19. The van der Waals surface area contributed by atoms with Gasteiger partial charge < -0.3 is 9.52 Å². The molecule has 2 rings (SSSR count). The van der Waals surface area contributed by atoms with Gasteiger partial charge in [-0.2, -0.15) is 4.98 Å². The van der Waals surface area contributed by atoms with E-state index in [0.29, 0.717) is 23.4 Å². The van der Waals surface area contributed by atoms with E-state index in [1.54, 1.807) is 26.2 Å². The number of rotatable bonds is 5. The van der Waals surface area contributed by atoms with Gasteiger partial charge in [-0.1, -0.05) is 0 Å². The number of aliphatic carboxylic acids is 1. The predicted molar refractivity (Wildman–Crippen MR) is 76.4 cm³/mol. The first kappa shape index (κ1) is 15.0. The van der Waals surface area contributed by atoms with Crippen molar-refractivity contribution >= 4 is 5.97 Å². The number of aromatic nitrogens is 2. The summed E-state index contributed by atoms with van der Waals surface area (Å²) in [6, 6.07) is 3.47. The van der Waals surface area contributed by atoms with Gasteiger partial charge in [-0.05, 0) is 32.9 Å². The zero-order valence-electron chi connectivity index (χ0n) is 12.3. The maximum atomic E-state index is 12.1. The van der Waals surface area contributed by atoms with E-state index in [-0.39, 0.29) is 18.2 Å². The van der Waals surface area contributed by atoms with Crippen molar-refractivity contribution in [2.24, 2.45) is 0 Å². The lowest BCUT2D eigenvalue weighted by Crippen LogP contribution is -2.31. The highest BCUT2D eigenvalue weighted by Crippen LogP contribution is 2.18. The Hall–Kier alpha value is -2.37. The third-order valence-electron chi connectivity index (χ3n) is 3.55. The lowest BCUT2D eigenvalue weighted by atomic mass is 10.1. The average Bonchev–Trinajstić information content (AvgIpc) is 2.86. The molecule has 1 unspecified atom stereocenters. The molecule has 0 aliphatic rings. The summed E-state index contributed by atoms with van der Waals surface area (Å²) >= 11 is 0. The first-order valence-electron chi connectivity index (χ1n) is 6.73. The molecule has 0 bridgehead atoms. The second-order valence-corrected chi connectivity index (χ2v) is 5.12. The van der Waals surface area contributed by atoms with Gasteiger partial charge >= 0.3 is 11.7 Å². The number of hydrogen-bond acceptors (Lipinski definition) is 4. The van der Waals surface area contributed by atoms with Crippen LogP contribution in [0.3, 0.4) is 0 Å². The van der Waals surface area contributed by atoms with E-state index in [4.69, 9.17) is 9.52 Å². The Morgan fingerprint density at radius 2 is 2.19 bits per heavy atom. The topological polar surface area (TPSA) is 85.3 Å². The van der Waals surface area contributed by atoms with Crippen molar-refractivity contribution in [2.45, 2.75) is 39.7 Å². The van der Waals surface area contributed by atoms with Crippen molar-refractivity contribution in [3.8, 4) is 0 Å². The number of hydrogen-bond donors (Lipinski definition) is 1. The van der Waals surface area contributed by atoms with Crippen molar-refractivity contribution < 1.29 is 14.3 Å². The number of nitrogens with zero attached hydrogens (tertiary/aromatic N) is 2. The minimum Gasteiger partial charge on any atom is -0.481 e. The Labute approximate surface area is 122 Å². The monoisotopic (exact) mass is 290 g/mol. The second kappa shape index (κ2) is 5.95. The second-order valence-electron chi connectivity index (χ2n) is 5.12. The minimum atomic E-state index is -0.938. The molecule has 0 radical (unpaired) electrons. The van der Waals surface area contributed by atoms with Crippen LogP contribution in [0.5, 0.6) is 0 Å². The molecule has 6 heteroatoms. The predicted octanol–water partition coefficient (Wildman–Crippen LogP) is 1.88. The van der Waals surface area contributed by atoms with Crippen LogP contribution >= 0.6 is 0 Å². The summed E-state index contributed by atoms with van der Waals surface area (Å²) < 4.78 is 6.83. The zero-order chi connectivity index (χ0) is 15.6. The first-order chi connectivity index (χ1) is 9.90. The Balaban J connectivity index is 2.42. The molecule has 1 atom stereocenters. The zero-order valence-corrected chi connectivity index (χ0v) is 12.3. The van der Waals surface area contributed by atoms with Crippen LogP contribution in [0.4, 0.5) is 0 Å². The quantitative estimate of drug-likeness (QED) is 0.908. The van der Waals surface area contributed by atoms with Gasteiger partial charge in [0.05, 0.1) is 12.7 Å². The van der Waals surface area contributed by atoms with Gasteiger partial charge in [0.2, 0.25) is 0 Å². The molecule has 0 saturated heterocycles. The fourth-order valence-corrected chi connectivity index (χ4v) is 2.55. The molecular formula is C15H18N2O4. The van der Waals surface area contributed by atoms with E-state index in [2.05, 4.69) is 4.98 Å². The Bertz CT molecular complexity index is 701. The average molecular weight is 290 g/mol. The van der Waals surface area contributed by atoms with E-state index < -0.39 is 5.97 Å². The molecule has 2 aromatic rings. The van der Waals surface area contributed by atoms with Crippen LogP contribution < -0.4 is 5.69 Å². The van der Waals surface area contributed by atoms with Crippen molar-refractivity contribution in [1.29, 1.82) is 0 Å². The van der Waals surface area contributed by atoms with E-state index in [1.165, 1.54) is 4.57 Å². The Morgan fingerprint density at radius 1 is 1.48 bits per heavy atom. The van der Waals surface area contributed by atoms with Crippen molar-refractivity contribution in [2.75, 3.05) is 0 Å². The standard InChI is InChI=1S/C15H18N2O4/c1-9(7-12-5-4-6-21-12)17-11(3)13(8-14(18)19)10(2)16-15(17)20/h4-6,9H,7-8H2,1-3H3,(H,18,19). The molecule has 0 saturated carbocycles. The number of furan rings is 1.